The highest BCUT2D eigenvalue weighted by Gasteiger charge is 1.91. The van der Waals surface area contributed by atoms with Crippen LogP contribution >= 0.6 is 0 Å². The molecule has 0 rings (SSSR count). The van der Waals surface area contributed by atoms with Crippen LogP contribution in [0.25, 0.3) is 0 Å². The average molecular weight is 143 g/mol. The molecule has 0 saturated carbocycles. The molecule has 1 radical (unpaired) electrons. The molecule has 0 atom stereocenters. The molecular formula is C9H19O. The highest BCUT2D eigenvalue weighted by molar-refractivity contribution is 4.44. The van der Waals surface area contributed by atoms with Gasteiger partial charge in [-0.1, -0.05) is 26.2 Å². The van der Waals surface area contributed by atoms with E-state index in [-0.39, 0.29) is 0 Å². The lowest BCUT2D eigenvalue weighted by atomic mass is 10.2. The van der Waals surface area contributed by atoms with E-state index in [0.29, 0.717) is 6.10 Å². The lowest BCUT2D eigenvalue weighted by Gasteiger charge is -2.05. The second-order valence-corrected chi connectivity index (χ2v) is 2.83. The first-order valence-electron chi connectivity index (χ1n) is 4.18. The van der Waals surface area contributed by atoms with Gasteiger partial charge in [-0.05, 0) is 20.3 Å². The van der Waals surface area contributed by atoms with Gasteiger partial charge < -0.3 is 4.74 Å². The largest absolute Gasteiger partial charge is 0.379 e. The van der Waals surface area contributed by atoms with Crippen LogP contribution in [0.5, 0.6) is 0 Å². The van der Waals surface area contributed by atoms with Gasteiger partial charge in [0.2, 0.25) is 0 Å². The molecule has 0 aromatic carbocycles. The molecule has 0 bridgehead atoms. The molecule has 0 aliphatic rings. The Labute approximate surface area is 64.8 Å². The number of ether oxygens (including phenoxy) is 1. The van der Waals surface area contributed by atoms with Crippen molar-refractivity contribution in [2.75, 3.05) is 6.61 Å². The van der Waals surface area contributed by atoms with E-state index in [1.807, 2.05) is 0 Å². The van der Waals surface area contributed by atoms with Crippen LogP contribution in [0.4, 0.5) is 0 Å². The predicted octanol–water partition coefficient (Wildman–Crippen LogP) is 2.81. The summed E-state index contributed by atoms with van der Waals surface area (Å²) >= 11 is 0. The third-order valence-electron chi connectivity index (χ3n) is 1.35. The van der Waals surface area contributed by atoms with Crippen LogP contribution in [0.2, 0.25) is 0 Å². The Morgan fingerprint density at radius 1 is 1.20 bits per heavy atom. The zero-order valence-corrected chi connectivity index (χ0v) is 7.23. The van der Waals surface area contributed by atoms with Crippen LogP contribution < -0.4 is 0 Å². The van der Waals surface area contributed by atoms with Crippen molar-refractivity contribution in [2.24, 2.45) is 0 Å². The molecule has 61 valence electrons. The Morgan fingerprint density at radius 3 is 2.40 bits per heavy atom. The van der Waals surface area contributed by atoms with Gasteiger partial charge in [0.05, 0.1) is 6.10 Å². The Kier molecular flexibility index (Phi) is 7.04. The van der Waals surface area contributed by atoms with Crippen molar-refractivity contribution in [2.45, 2.75) is 45.6 Å². The Hall–Kier alpha value is -0.0400. The minimum Gasteiger partial charge on any atom is -0.379 e. The molecule has 10 heavy (non-hydrogen) atoms. The van der Waals surface area contributed by atoms with E-state index in [2.05, 4.69) is 20.8 Å². The monoisotopic (exact) mass is 143 g/mol. The van der Waals surface area contributed by atoms with Gasteiger partial charge in [0, 0.05) is 6.61 Å². The van der Waals surface area contributed by atoms with Crippen molar-refractivity contribution in [1.29, 1.82) is 0 Å². The zero-order valence-electron chi connectivity index (χ0n) is 7.23. The number of unbranched alkanes of at least 4 members (excludes halogenated alkanes) is 3. The summed E-state index contributed by atoms with van der Waals surface area (Å²) in [5.74, 6) is 0. The van der Waals surface area contributed by atoms with E-state index in [4.69, 9.17) is 4.74 Å². The van der Waals surface area contributed by atoms with Gasteiger partial charge in [-0.3, -0.25) is 0 Å². The second-order valence-electron chi connectivity index (χ2n) is 2.83. The molecule has 0 aliphatic heterocycles. The van der Waals surface area contributed by atoms with Crippen molar-refractivity contribution in [3.63, 3.8) is 0 Å². The van der Waals surface area contributed by atoms with Gasteiger partial charge >= 0.3 is 0 Å². The summed E-state index contributed by atoms with van der Waals surface area (Å²) in [5, 5.41) is 0. The van der Waals surface area contributed by atoms with Crippen LogP contribution in [-0.4, -0.2) is 12.7 Å². The van der Waals surface area contributed by atoms with Gasteiger partial charge in [0.15, 0.2) is 0 Å². The van der Waals surface area contributed by atoms with Crippen LogP contribution in [0.3, 0.4) is 0 Å². The summed E-state index contributed by atoms with van der Waals surface area (Å²) in [5.41, 5.74) is 0. The molecule has 0 fully saturated rings. The minimum atomic E-state index is 0.389. The first kappa shape index (κ1) is 9.96. The van der Waals surface area contributed by atoms with E-state index in [9.17, 15) is 0 Å². The number of hydrogen-bond donors (Lipinski definition) is 0. The minimum absolute atomic E-state index is 0.389. The Morgan fingerprint density at radius 2 is 1.90 bits per heavy atom. The van der Waals surface area contributed by atoms with Crippen molar-refractivity contribution in [3.8, 4) is 0 Å². The fraction of sp³-hybridized carbons (Fsp3) is 0.889. The summed E-state index contributed by atoms with van der Waals surface area (Å²) in [4.78, 5) is 0. The molecule has 0 aromatic heterocycles. The molecular weight excluding hydrogens is 124 g/mol. The molecule has 1 nitrogen and oxygen atoms in total. The van der Waals surface area contributed by atoms with E-state index >= 15 is 0 Å². The van der Waals surface area contributed by atoms with Crippen LogP contribution in [0, 0.1) is 6.92 Å². The predicted molar refractivity (Wildman–Crippen MR) is 44.9 cm³/mol. The molecule has 0 heterocycles. The van der Waals surface area contributed by atoms with Crippen molar-refractivity contribution < 1.29 is 4.74 Å². The van der Waals surface area contributed by atoms with Crippen LogP contribution in [0.15, 0.2) is 0 Å². The van der Waals surface area contributed by atoms with Crippen LogP contribution in [0.1, 0.15) is 39.5 Å². The summed E-state index contributed by atoms with van der Waals surface area (Å²) in [6.45, 7) is 8.83. The summed E-state index contributed by atoms with van der Waals surface area (Å²) in [6, 6.07) is 0. The number of hydrogen-bond acceptors (Lipinski definition) is 1. The Balaban J connectivity index is 2.77. The summed E-state index contributed by atoms with van der Waals surface area (Å²) in [7, 11) is 0. The molecule has 0 aliphatic carbocycles. The molecule has 1 heteroatoms. The van der Waals surface area contributed by atoms with Gasteiger partial charge in [-0.15, -0.1) is 0 Å². The molecule has 0 unspecified atom stereocenters. The average Bonchev–Trinajstić information content (AvgIpc) is 1.87. The highest BCUT2D eigenvalue weighted by atomic mass is 16.5. The van der Waals surface area contributed by atoms with E-state index in [1.165, 1.54) is 19.3 Å². The molecule has 0 aromatic rings. The Bertz CT molecular complexity index is 59.7. The topological polar surface area (TPSA) is 9.23 Å². The van der Waals surface area contributed by atoms with Gasteiger partial charge in [-0.2, -0.15) is 0 Å². The standard InChI is InChI=1S/C9H19O/c1-4-5-6-7-8-10-9(2)3/h9H,1,4-8H2,2-3H3. The van der Waals surface area contributed by atoms with Gasteiger partial charge in [0.25, 0.3) is 0 Å². The molecule has 0 saturated heterocycles. The maximum atomic E-state index is 5.37. The molecule has 0 spiro atoms. The second kappa shape index (κ2) is 7.07. The quantitative estimate of drug-likeness (QED) is 0.519. The third-order valence-corrected chi connectivity index (χ3v) is 1.35. The first-order valence-corrected chi connectivity index (χ1v) is 4.18. The van der Waals surface area contributed by atoms with Crippen LogP contribution in [-0.2, 0) is 4.74 Å². The first-order chi connectivity index (χ1) is 4.77. The van der Waals surface area contributed by atoms with E-state index in [0.717, 1.165) is 13.0 Å². The van der Waals surface area contributed by atoms with E-state index < -0.39 is 0 Å². The van der Waals surface area contributed by atoms with Gasteiger partial charge in [-0.25, -0.2) is 0 Å². The van der Waals surface area contributed by atoms with E-state index in [1.54, 1.807) is 0 Å². The maximum absolute atomic E-state index is 5.37. The molecule has 0 amide bonds. The SMILES string of the molecule is [CH2]CCCCCOC(C)C. The van der Waals surface area contributed by atoms with Crippen molar-refractivity contribution in [1.82, 2.24) is 0 Å². The highest BCUT2D eigenvalue weighted by Crippen LogP contribution is 1.99. The van der Waals surface area contributed by atoms with Gasteiger partial charge in [0.1, 0.15) is 0 Å². The zero-order chi connectivity index (χ0) is 7.82. The normalized spacial score (nSPS) is 10.8. The lowest BCUT2D eigenvalue weighted by Crippen LogP contribution is -2.03. The lowest BCUT2D eigenvalue weighted by molar-refractivity contribution is 0.0758. The van der Waals surface area contributed by atoms with Crippen molar-refractivity contribution >= 4 is 0 Å². The fourth-order valence-corrected chi connectivity index (χ4v) is 0.775. The smallest absolute Gasteiger partial charge is 0.0518 e. The summed E-state index contributed by atoms with van der Waals surface area (Å²) in [6.07, 6.45) is 5.13. The molecule has 0 N–H and O–H groups in total. The maximum Gasteiger partial charge on any atom is 0.0518 e. The third kappa shape index (κ3) is 7.96. The fourth-order valence-electron chi connectivity index (χ4n) is 0.775. The van der Waals surface area contributed by atoms with Crippen molar-refractivity contribution in [3.05, 3.63) is 6.92 Å². The summed E-state index contributed by atoms with van der Waals surface area (Å²) < 4.78 is 5.37. The number of rotatable bonds is 6.